The van der Waals surface area contributed by atoms with Crippen LogP contribution in [0.25, 0.3) is 0 Å². The van der Waals surface area contributed by atoms with Crippen molar-refractivity contribution in [1.29, 1.82) is 0 Å². The number of hydrogen-bond donors (Lipinski definition) is 2. The highest BCUT2D eigenvalue weighted by molar-refractivity contribution is 6.27. The molecule has 8 heteroatoms. The minimum absolute atomic E-state index is 0.0703. The second kappa shape index (κ2) is 9.30. The highest BCUT2D eigenvalue weighted by Crippen LogP contribution is 2.24. The minimum Gasteiger partial charge on any atom is -0.444 e. The maximum atomic E-state index is 11.8. The lowest BCUT2D eigenvalue weighted by molar-refractivity contribution is -0.122. The third-order valence-corrected chi connectivity index (χ3v) is 3.55. The van der Waals surface area contributed by atoms with Crippen LogP contribution in [0.5, 0.6) is 0 Å². The molecule has 1 aliphatic heterocycles. The molecule has 1 fully saturated rings. The Balaban J connectivity index is 2.44. The smallest absolute Gasteiger partial charge is 0.407 e. The van der Waals surface area contributed by atoms with Crippen molar-refractivity contribution in [3.8, 4) is 0 Å². The molecule has 0 spiro atoms. The zero-order valence-corrected chi connectivity index (χ0v) is 14.8. The van der Waals surface area contributed by atoms with E-state index in [9.17, 15) is 9.59 Å². The van der Waals surface area contributed by atoms with Gasteiger partial charge in [0.15, 0.2) is 0 Å². The molecule has 1 heterocycles. The van der Waals surface area contributed by atoms with E-state index in [1.807, 2.05) is 20.8 Å². The topological polar surface area (TPSA) is 85.9 Å². The number of alkyl halides is 1. The molecule has 0 aromatic carbocycles. The molecule has 1 rings (SSSR count). The van der Waals surface area contributed by atoms with Crippen molar-refractivity contribution in [2.24, 2.45) is 0 Å². The standard InChI is InChI=1S/C15H27ClN2O5/c1-14(2,3)23-13(20)18-11-15(4-7-21-8-5-15)22-9-6-17-12(19)10-16/h4-11H2,1-3H3,(H,17,19)(H,18,20). The van der Waals surface area contributed by atoms with Crippen LogP contribution in [0.15, 0.2) is 0 Å². The first kappa shape index (κ1) is 20.0. The number of nitrogens with one attached hydrogen (secondary N) is 2. The Labute approximate surface area is 142 Å². The quantitative estimate of drug-likeness (QED) is 0.536. The molecule has 1 aliphatic rings. The van der Waals surface area contributed by atoms with Crippen LogP contribution < -0.4 is 10.6 Å². The zero-order valence-electron chi connectivity index (χ0n) is 14.1. The van der Waals surface area contributed by atoms with E-state index in [1.165, 1.54) is 0 Å². The molecule has 0 aliphatic carbocycles. The average molecular weight is 351 g/mol. The molecule has 23 heavy (non-hydrogen) atoms. The predicted molar refractivity (Wildman–Crippen MR) is 86.7 cm³/mol. The molecule has 0 aromatic rings. The highest BCUT2D eigenvalue weighted by Gasteiger charge is 2.34. The molecular formula is C15H27ClN2O5. The molecular weight excluding hydrogens is 324 g/mol. The molecule has 0 unspecified atom stereocenters. The fourth-order valence-corrected chi connectivity index (χ4v) is 2.26. The molecule has 1 saturated heterocycles. The van der Waals surface area contributed by atoms with Gasteiger partial charge in [0.05, 0.1) is 18.8 Å². The van der Waals surface area contributed by atoms with Gasteiger partial charge < -0.3 is 24.8 Å². The van der Waals surface area contributed by atoms with Gasteiger partial charge >= 0.3 is 6.09 Å². The van der Waals surface area contributed by atoms with Gasteiger partial charge in [-0.25, -0.2) is 4.79 Å². The molecule has 0 atom stereocenters. The lowest BCUT2D eigenvalue weighted by Crippen LogP contribution is -2.50. The average Bonchev–Trinajstić information content (AvgIpc) is 2.49. The van der Waals surface area contributed by atoms with Crippen molar-refractivity contribution in [3.63, 3.8) is 0 Å². The highest BCUT2D eigenvalue weighted by atomic mass is 35.5. The molecule has 7 nitrogen and oxygen atoms in total. The Hall–Kier alpha value is -1.05. The number of carbonyl (C=O) groups is 2. The van der Waals surface area contributed by atoms with Crippen molar-refractivity contribution in [2.75, 3.05) is 38.8 Å². The van der Waals surface area contributed by atoms with Crippen molar-refractivity contribution >= 4 is 23.6 Å². The molecule has 0 aromatic heterocycles. The zero-order chi connectivity index (χ0) is 17.3. The Morgan fingerprint density at radius 2 is 1.87 bits per heavy atom. The van der Waals surface area contributed by atoms with E-state index in [-0.39, 0.29) is 11.8 Å². The molecule has 134 valence electrons. The maximum absolute atomic E-state index is 11.8. The van der Waals surface area contributed by atoms with Crippen LogP contribution >= 0.6 is 11.6 Å². The van der Waals surface area contributed by atoms with Crippen molar-refractivity contribution in [3.05, 3.63) is 0 Å². The number of ether oxygens (including phenoxy) is 3. The molecule has 2 N–H and O–H groups in total. The fourth-order valence-electron chi connectivity index (χ4n) is 2.17. The van der Waals surface area contributed by atoms with Gasteiger partial charge in [-0.1, -0.05) is 0 Å². The Morgan fingerprint density at radius 3 is 2.43 bits per heavy atom. The summed E-state index contributed by atoms with van der Waals surface area (Å²) in [5, 5.41) is 5.41. The van der Waals surface area contributed by atoms with Crippen LogP contribution in [-0.2, 0) is 19.0 Å². The van der Waals surface area contributed by atoms with E-state index in [2.05, 4.69) is 10.6 Å². The summed E-state index contributed by atoms with van der Waals surface area (Å²) in [6, 6.07) is 0. The Bertz CT molecular complexity index is 392. The second-order valence-electron chi connectivity index (χ2n) is 6.48. The van der Waals surface area contributed by atoms with Crippen LogP contribution in [0.3, 0.4) is 0 Å². The lowest BCUT2D eigenvalue weighted by Gasteiger charge is -2.37. The Kier molecular flexibility index (Phi) is 8.08. The maximum Gasteiger partial charge on any atom is 0.407 e. The number of halogens is 1. The number of rotatable bonds is 7. The van der Waals surface area contributed by atoms with Crippen LogP contribution in [0, 0.1) is 0 Å². The number of hydrogen-bond acceptors (Lipinski definition) is 5. The van der Waals surface area contributed by atoms with Crippen LogP contribution in [0.4, 0.5) is 4.79 Å². The first-order chi connectivity index (χ1) is 10.8. The van der Waals surface area contributed by atoms with Gasteiger partial charge in [0, 0.05) is 32.6 Å². The normalized spacial score (nSPS) is 17.4. The summed E-state index contributed by atoms with van der Waals surface area (Å²) < 4.78 is 16.5. The van der Waals surface area contributed by atoms with E-state index in [4.69, 9.17) is 25.8 Å². The summed E-state index contributed by atoms with van der Waals surface area (Å²) in [6.07, 6.45) is 0.876. The van der Waals surface area contributed by atoms with Crippen molar-refractivity contribution < 1.29 is 23.8 Å². The van der Waals surface area contributed by atoms with Crippen LogP contribution in [0.2, 0.25) is 0 Å². The first-order valence-electron chi connectivity index (χ1n) is 7.78. The largest absolute Gasteiger partial charge is 0.444 e. The summed E-state index contributed by atoms with van der Waals surface area (Å²) in [5.74, 6) is -0.303. The van der Waals surface area contributed by atoms with E-state index in [0.29, 0.717) is 45.8 Å². The van der Waals surface area contributed by atoms with Crippen LogP contribution in [-0.4, -0.2) is 62.0 Å². The number of alkyl carbamates (subject to hydrolysis) is 1. The first-order valence-corrected chi connectivity index (χ1v) is 8.31. The number of carbonyl (C=O) groups excluding carboxylic acids is 2. The second-order valence-corrected chi connectivity index (χ2v) is 6.75. The Morgan fingerprint density at radius 1 is 1.22 bits per heavy atom. The van der Waals surface area contributed by atoms with Gasteiger partial charge in [0.25, 0.3) is 0 Å². The van der Waals surface area contributed by atoms with Crippen LogP contribution in [0.1, 0.15) is 33.6 Å². The van der Waals surface area contributed by atoms with Gasteiger partial charge in [0.2, 0.25) is 5.91 Å². The number of amides is 2. The fraction of sp³-hybridized carbons (Fsp3) is 0.867. The predicted octanol–water partition coefficient (Wildman–Crippen LogP) is 1.43. The van der Waals surface area contributed by atoms with E-state index in [0.717, 1.165) is 0 Å². The van der Waals surface area contributed by atoms with Crippen molar-refractivity contribution in [2.45, 2.75) is 44.8 Å². The third kappa shape index (κ3) is 8.39. The van der Waals surface area contributed by atoms with Gasteiger partial charge in [-0.3, -0.25) is 4.79 Å². The van der Waals surface area contributed by atoms with Crippen molar-refractivity contribution in [1.82, 2.24) is 10.6 Å². The van der Waals surface area contributed by atoms with E-state index in [1.54, 1.807) is 0 Å². The van der Waals surface area contributed by atoms with Gasteiger partial charge in [-0.15, -0.1) is 11.6 Å². The SMILES string of the molecule is CC(C)(C)OC(=O)NCC1(OCCNC(=O)CCl)CCOCC1. The monoisotopic (exact) mass is 350 g/mol. The molecule has 2 amide bonds. The van der Waals surface area contributed by atoms with E-state index < -0.39 is 17.3 Å². The summed E-state index contributed by atoms with van der Waals surface area (Å²) in [4.78, 5) is 22.9. The molecule has 0 radical (unpaired) electrons. The summed E-state index contributed by atoms with van der Waals surface area (Å²) in [6.45, 7) is 7.65. The van der Waals surface area contributed by atoms with E-state index >= 15 is 0 Å². The summed E-state index contributed by atoms with van der Waals surface area (Å²) >= 11 is 5.41. The minimum atomic E-state index is -0.542. The molecule has 0 bridgehead atoms. The van der Waals surface area contributed by atoms with Gasteiger partial charge in [0.1, 0.15) is 11.5 Å². The summed E-state index contributed by atoms with van der Waals surface area (Å²) in [7, 11) is 0. The van der Waals surface area contributed by atoms with Gasteiger partial charge in [-0.2, -0.15) is 0 Å². The molecule has 0 saturated carbocycles. The third-order valence-electron chi connectivity index (χ3n) is 3.31. The lowest BCUT2D eigenvalue weighted by atomic mass is 9.94. The van der Waals surface area contributed by atoms with Gasteiger partial charge in [-0.05, 0) is 20.8 Å². The summed E-state index contributed by atoms with van der Waals surface area (Å²) in [5.41, 5.74) is -1.04.